The van der Waals surface area contributed by atoms with Gasteiger partial charge in [-0.25, -0.2) is 18.7 Å². The van der Waals surface area contributed by atoms with E-state index in [-0.39, 0.29) is 5.89 Å². The number of nitrogens with zero attached hydrogens (tertiary/aromatic N) is 2. The van der Waals surface area contributed by atoms with E-state index in [1.54, 1.807) is 37.4 Å². The number of rotatable bonds is 3. The van der Waals surface area contributed by atoms with Crippen LogP contribution in [0.5, 0.6) is 0 Å². The lowest BCUT2D eigenvalue weighted by molar-refractivity contribution is -0.159. The van der Waals surface area contributed by atoms with Gasteiger partial charge in [-0.15, -0.1) is 5.10 Å². The molecule has 2 aliphatic rings. The topological polar surface area (TPSA) is 98.1 Å². The molecule has 2 fully saturated rings. The Bertz CT molecular complexity index is 1020. The van der Waals surface area contributed by atoms with Crippen LogP contribution in [0, 0.1) is 17.8 Å². The van der Waals surface area contributed by atoms with E-state index >= 15 is 8.78 Å². The van der Waals surface area contributed by atoms with Crippen LogP contribution < -0.4 is 5.76 Å². The number of esters is 1. The maximum atomic E-state index is 15.1. The van der Waals surface area contributed by atoms with Crippen molar-refractivity contribution in [2.45, 2.75) is 37.7 Å². The standard InChI is InChI=1S/C19H18BrF2N3O4/c1-9-13(6-5-12-4-3-11(20)7-23-12)14-10(2)28-16(26)18(14,8-19(9,21)22)15-24-25-17(27)29-15/h3-7,9-10,13-14H,8H2,1-2H3,(H,25,27)/t9-,10+,13-,14-,18-/m0/s1. The number of carbonyl (C=O) groups is 1. The second kappa shape index (κ2) is 6.86. The Morgan fingerprint density at radius 3 is 2.69 bits per heavy atom. The smallest absolute Gasteiger partial charge is 0.434 e. The van der Waals surface area contributed by atoms with Crippen molar-refractivity contribution in [1.29, 1.82) is 0 Å². The van der Waals surface area contributed by atoms with Gasteiger partial charge in [0.05, 0.1) is 5.69 Å². The van der Waals surface area contributed by atoms with Gasteiger partial charge in [-0.05, 0) is 47.0 Å². The second-order valence-corrected chi connectivity index (χ2v) is 8.51. The number of aromatic amines is 1. The molecule has 1 N–H and O–H groups in total. The SMILES string of the molecule is C[C@H]1OC(=O)[C@@]2(c3n[nH]c(=O)o3)CC(F)(F)[C@@H](C)[C@H](C=Cc3ccc(Br)cn3)[C@H]12. The Hall–Kier alpha value is -2.36. The molecule has 1 aliphatic carbocycles. The van der Waals surface area contributed by atoms with E-state index in [1.165, 1.54) is 6.92 Å². The van der Waals surface area contributed by atoms with Crippen LogP contribution in [0.4, 0.5) is 8.78 Å². The number of alkyl halides is 2. The lowest BCUT2D eigenvalue weighted by atomic mass is 9.56. The molecule has 29 heavy (non-hydrogen) atoms. The fourth-order valence-electron chi connectivity index (χ4n) is 4.55. The number of halogens is 3. The molecule has 4 rings (SSSR count). The molecule has 0 unspecified atom stereocenters. The minimum atomic E-state index is -3.21. The molecule has 2 aromatic rings. The first-order chi connectivity index (χ1) is 13.6. The first kappa shape index (κ1) is 19.9. The summed E-state index contributed by atoms with van der Waals surface area (Å²) in [6.07, 6.45) is 3.40. The fourth-order valence-corrected chi connectivity index (χ4v) is 4.78. The Kier molecular flexibility index (Phi) is 4.71. The highest BCUT2D eigenvalue weighted by atomic mass is 79.9. The number of H-pyrrole nitrogens is 1. The van der Waals surface area contributed by atoms with Gasteiger partial charge in [0.1, 0.15) is 6.10 Å². The number of allylic oxidation sites excluding steroid dienone is 1. The van der Waals surface area contributed by atoms with Crippen LogP contribution in [0.15, 0.2) is 38.1 Å². The summed E-state index contributed by atoms with van der Waals surface area (Å²) in [7, 11) is 0. The summed E-state index contributed by atoms with van der Waals surface area (Å²) in [6.45, 7) is 3.11. The molecule has 5 atom stereocenters. The van der Waals surface area contributed by atoms with Crippen LogP contribution in [0.2, 0.25) is 0 Å². The van der Waals surface area contributed by atoms with Gasteiger partial charge in [0.15, 0.2) is 5.41 Å². The molecular formula is C19H18BrF2N3O4. The van der Waals surface area contributed by atoms with E-state index in [4.69, 9.17) is 9.15 Å². The van der Waals surface area contributed by atoms with Gasteiger partial charge in [-0.2, -0.15) is 0 Å². The third-order valence-electron chi connectivity index (χ3n) is 5.96. The predicted molar refractivity (Wildman–Crippen MR) is 101 cm³/mol. The number of hydrogen-bond donors (Lipinski definition) is 1. The molecule has 0 spiro atoms. The maximum Gasteiger partial charge on any atom is 0.434 e. The number of pyridine rings is 1. The predicted octanol–water partition coefficient (Wildman–Crippen LogP) is 3.32. The van der Waals surface area contributed by atoms with Crippen LogP contribution in [0.1, 0.15) is 31.9 Å². The summed E-state index contributed by atoms with van der Waals surface area (Å²) in [6, 6.07) is 3.53. The first-order valence-electron chi connectivity index (χ1n) is 9.10. The van der Waals surface area contributed by atoms with Crippen molar-refractivity contribution in [2.75, 3.05) is 0 Å². The molecule has 2 aromatic heterocycles. The van der Waals surface area contributed by atoms with Gasteiger partial charge < -0.3 is 9.15 Å². The van der Waals surface area contributed by atoms with Gasteiger partial charge in [-0.1, -0.05) is 13.0 Å². The van der Waals surface area contributed by atoms with Crippen molar-refractivity contribution in [2.24, 2.45) is 17.8 Å². The van der Waals surface area contributed by atoms with E-state index in [9.17, 15) is 9.59 Å². The molecule has 1 aliphatic heterocycles. The van der Waals surface area contributed by atoms with E-state index in [0.717, 1.165) is 4.47 Å². The Balaban J connectivity index is 1.82. The van der Waals surface area contributed by atoms with Crippen molar-refractivity contribution >= 4 is 28.0 Å². The molecule has 1 saturated carbocycles. The highest BCUT2D eigenvalue weighted by Crippen LogP contribution is 2.59. The number of aromatic nitrogens is 3. The molecule has 0 radical (unpaired) electrons. The van der Waals surface area contributed by atoms with E-state index in [0.29, 0.717) is 5.69 Å². The van der Waals surface area contributed by atoms with Crippen molar-refractivity contribution in [1.82, 2.24) is 15.2 Å². The van der Waals surface area contributed by atoms with Crippen LogP contribution >= 0.6 is 15.9 Å². The van der Waals surface area contributed by atoms with Gasteiger partial charge in [0.2, 0.25) is 5.89 Å². The van der Waals surface area contributed by atoms with Crippen LogP contribution in [0.25, 0.3) is 6.08 Å². The zero-order chi connectivity index (χ0) is 21.0. The van der Waals surface area contributed by atoms with Crippen LogP contribution in [-0.4, -0.2) is 33.2 Å². The zero-order valence-corrected chi connectivity index (χ0v) is 17.2. The lowest BCUT2D eigenvalue weighted by Crippen LogP contribution is -2.56. The number of cyclic esters (lactones) is 1. The summed E-state index contributed by atoms with van der Waals surface area (Å²) in [4.78, 5) is 28.5. The normalized spacial score (nSPS) is 33.6. The molecular weight excluding hydrogens is 452 g/mol. The maximum absolute atomic E-state index is 15.1. The zero-order valence-electron chi connectivity index (χ0n) is 15.6. The molecule has 0 aromatic carbocycles. The summed E-state index contributed by atoms with van der Waals surface area (Å²) >= 11 is 3.30. The number of carbonyl (C=O) groups excluding carboxylic acids is 1. The number of nitrogens with one attached hydrogen (secondary N) is 1. The third kappa shape index (κ3) is 3.13. The van der Waals surface area contributed by atoms with E-state index < -0.39 is 53.3 Å². The quantitative estimate of drug-likeness (QED) is 0.692. The number of fused-ring (bicyclic) bond motifs is 1. The summed E-state index contributed by atoms with van der Waals surface area (Å²) in [5, 5.41) is 5.80. The monoisotopic (exact) mass is 469 g/mol. The number of hydrogen-bond acceptors (Lipinski definition) is 6. The molecule has 0 bridgehead atoms. The highest BCUT2D eigenvalue weighted by Gasteiger charge is 2.71. The van der Waals surface area contributed by atoms with Crippen molar-refractivity contribution in [3.05, 3.63) is 51.0 Å². The average Bonchev–Trinajstić information content (AvgIpc) is 3.19. The minimum Gasteiger partial charge on any atom is -0.461 e. The largest absolute Gasteiger partial charge is 0.461 e. The van der Waals surface area contributed by atoms with Gasteiger partial charge in [-0.3, -0.25) is 9.78 Å². The minimum absolute atomic E-state index is 0.353. The first-order valence-corrected chi connectivity index (χ1v) is 9.89. The van der Waals surface area contributed by atoms with Crippen LogP contribution in [-0.2, 0) is 14.9 Å². The third-order valence-corrected chi connectivity index (χ3v) is 6.43. The molecule has 7 nitrogen and oxygen atoms in total. The van der Waals surface area contributed by atoms with Crippen LogP contribution in [0.3, 0.4) is 0 Å². The average molecular weight is 470 g/mol. The Morgan fingerprint density at radius 2 is 2.07 bits per heavy atom. The molecule has 3 heterocycles. The Labute approximate surface area is 172 Å². The van der Waals surface area contributed by atoms with Crippen molar-refractivity contribution in [3.8, 4) is 0 Å². The lowest BCUT2D eigenvalue weighted by Gasteiger charge is -2.46. The number of ether oxygens (including phenoxy) is 1. The Morgan fingerprint density at radius 1 is 1.31 bits per heavy atom. The van der Waals surface area contributed by atoms with Gasteiger partial charge in [0.25, 0.3) is 5.92 Å². The molecule has 1 saturated heterocycles. The summed E-state index contributed by atoms with van der Waals surface area (Å²) in [5.74, 6) is -7.82. The van der Waals surface area contributed by atoms with Crippen molar-refractivity contribution < 1.29 is 22.7 Å². The summed E-state index contributed by atoms with van der Waals surface area (Å²) < 4.78 is 41.3. The van der Waals surface area contributed by atoms with Crippen molar-refractivity contribution in [3.63, 3.8) is 0 Å². The second-order valence-electron chi connectivity index (χ2n) is 7.59. The molecule has 0 amide bonds. The van der Waals surface area contributed by atoms with Gasteiger partial charge >= 0.3 is 11.7 Å². The van der Waals surface area contributed by atoms with E-state index in [1.807, 2.05) is 0 Å². The van der Waals surface area contributed by atoms with Gasteiger partial charge in [0, 0.05) is 28.9 Å². The van der Waals surface area contributed by atoms with E-state index in [2.05, 4.69) is 31.1 Å². The molecule has 10 heteroatoms. The fraction of sp³-hybridized carbons (Fsp3) is 0.474. The summed E-state index contributed by atoms with van der Waals surface area (Å²) in [5.41, 5.74) is -1.25. The highest BCUT2D eigenvalue weighted by molar-refractivity contribution is 9.10. The molecule has 154 valence electrons.